The van der Waals surface area contributed by atoms with Crippen LogP contribution in [0.5, 0.6) is 11.5 Å². The lowest BCUT2D eigenvalue weighted by Crippen LogP contribution is -2.12. The number of rotatable bonds is 4. The van der Waals surface area contributed by atoms with E-state index in [1.165, 1.54) is 5.56 Å². The lowest BCUT2D eigenvalue weighted by molar-refractivity contribution is 0.483. The minimum Gasteiger partial charge on any atom is -0.457 e. The van der Waals surface area contributed by atoms with Crippen molar-refractivity contribution in [3.63, 3.8) is 0 Å². The molecule has 0 aliphatic carbocycles. The average molecular weight is 613 g/mol. The van der Waals surface area contributed by atoms with Gasteiger partial charge in [-0.1, -0.05) is 63.2 Å². The Kier molecular flexibility index (Phi) is 5.87. The predicted molar refractivity (Wildman–Crippen MR) is 191 cm³/mol. The molecule has 0 unspecified atom stereocenters. The molecule has 0 aliphatic heterocycles. The van der Waals surface area contributed by atoms with Crippen molar-refractivity contribution in [1.82, 2.24) is 19.1 Å². The minimum absolute atomic E-state index is 0.0353. The van der Waals surface area contributed by atoms with E-state index < -0.39 is 0 Å². The summed E-state index contributed by atoms with van der Waals surface area (Å²) in [4.78, 5) is 9.83. The first-order chi connectivity index (χ1) is 22.8. The highest BCUT2D eigenvalue weighted by molar-refractivity contribution is 6.24. The first-order valence-corrected chi connectivity index (χ1v) is 15.9. The van der Waals surface area contributed by atoms with E-state index in [1.54, 1.807) is 0 Å². The molecule has 228 valence electrons. The highest BCUT2D eigenvalue weighted by Gasteiger charge is 2.22. The molecular formula is C41H32N4O2. The van der Waals surface area contributed by atoms with E-state index in [9.17, 15) is 0 Å². The second-order valence-corrected chi connectivity index (χ2v) is 13.2. The van der Waals surface area contributed by atoms with Crippen molar-refractivity contribution in [3.05, 3.63) is 127 Å². The van der Waals surface area contributed by atoms with Crippen LogP contribution >= 0.6 is 0 Å². The molecule has 0 aliphatic rings. The fourth-order valence-corrected chi connectivity index (χ4v) is 6.84. The number of nitrogens with zero attached hydrogens (tertiary/aromatic N) is 4. The summed E-state index contributed by atoms with van der Waals surface area (Å²) < 4.78 is 17.3. The van der Waals surface area contributed by atoms with Gasteiger partial charge in [0.25, 0.3) is 0 Å². The quantitative estimate of drug-likeness (QED) is 0.198. The minimum atomic E-state index is -0.0353. The largest absolute Gasteiger partial charge is 0.457 e. The molecular weight excluding hydrogens is 580 g/mol. The molecule has 0 radical (unpaired) electrons. The summed E-state index contributed by atoms with van der Waals surface area (Å²) in [5.74, 6) is 3.24. The molecule has 0 amide bonds. The van der Waals surface area contributed by atoms with Crippen LogP contribution in [0.3, 0.4) is 0 Å². The van der Waals surface area contributed by atoms with E-state index in [2.05, 4.69) is 96.6 Å². The molecule has 0 atom stereocenters. The van der Waals surface area contributed by atoms with Crippen LogP contribution in [0.25, 0.3) is 72.0 Å². The molecule has 47 heavy (non-hydrogen) atoms. The SMILES string of the molecule is Cn1c(-c2cccc(Oc3ccc4c5ccc6oc7ccccc7c6c5n(-c5cc(C(C)(C)C)ccn5)c4c3)c2)nc2ccccc21. The first kappa shape index (κ1) is 27.4. The average Bonchev–Trinajstić information content (AvgIpc) is 3.73. The number of benzene rings is 5. The molecule has 0 fully saturated rings. The van der Waals surface area contributed by atoms with Gasteiger partial charge in [0.2, 0.25) is 0 Å². The zero-order valence-electron chi connectivity index (χ0n) is 26.7. The Morgan fingerprint density at radius 1 is 0.681 bits per heavy atom. The zero-order valence-corrected chi connectivity index (χ0v) is 26.7. The molecule has 6 heteroatoms. The highest BCUT2D eigenvalue weighted by Crippen LogP contribution is 2.42. The van der Waals surface area contributed by atoms with Gasteiger partial charge in [-0.3, -0.25) is 4.57 Å². The van der Waals surface area contributed by atoms with Gasteiger partial charge in [0.05, 0.1) is 27.5 Å². The van der Waals surface area contributed by atoms with Gasteiger partial charge in [0.1, 0.15) is 34.3 Å². The third-order valence-electron chi connectivity index (χ3n) is 9.20. The van der Waals surface area contributed by atoms with Crippen LogP contribution in [0.2, 0.25) is 0 Å². The van der Waals surface area contributed by atoms with Crippen LogP contribution in [-0.2, 0) is 12.5 Å². The molecule has 0 saturated carbocycles. The summed E-state index contributed by atoms with van der Waals surface area (Å²) in [5.41, 5.74) is 8.04. The first-order valence-electron chi connectivity index (χ1n) is 15.9. The number of pyridine rings is 1. The normalized spacial score (nSPS) is 12.3. The zero-order chi connectivity index (χ0) is 31.9. The number of para-hydroxylation sites is 3. The molecule has 4 heterocycles. The van der Waals surface area contributed by atoms with E-state index in [4.69, 9.17) is 19.1 Å². The molecule has 0 spiro atoms. The van der Waals surface area contributed by atoms with Crippen molar-refractivity contribution in [2.45, 2.75) is 26.2 Å². The van der Waals surface area contributed by atoms with E-state index in [0.717, 1.165) is 83.5 Å². The van der Waals surface area contributed by atoms with Gasteiger partial charge < -0.3 is 13.7 Å². The van der Waals surface area contributed by atoms with Crippen LogP contribution in [-0.4, -0.2) is 19.1 Å². The molecule has 9 aromatic rings. The maximum atomic E-state index is 6.58. The molecule has 5 aromatic carbocycles. The lowest BCUT2D eigenvalue weighted by Gasteiger charge is -2.20. The van der Waals surface area contributed by atoms with Crippen molar-refractivity contribution in [2.75, 3.05) is 0 Å². The van der Waals surface area contributed by atoms with Crippen LogP contribution in [0, 0.1) is 0 Å². The number of hydrogen-bond acceptors (Lipinski definition) is 4. The third-order valence-corrected chi connectivity index (χ3v) is 9.20. The molecule has 9 rings (SSSR count). The Bertz CT molecular complexity index is 2670. The van der Waals surface area contributed by atoms with Crippen LogP contribution in [0.15, 0.2) is 126 Å². The van der Waals surface area contributed by atoms with Crippen molar-refractivity contribution in [1.29, 1.82) is 0 Å². The van der Waals surface area contributed by atoms with Crippen molar-refractivity contribution in [2.24, 2.45) is 7.05 Å². The Morgan fingerprint density at radius 3 is 2.36 bits per heavy atom. The highest BCUT2D eigenvalue weighted by atomic mass is 16.5. The Balaban J connectivity index is 1.24. The van der Waals surface area contributed by atoms with Gasteiger partial charge in [-0.05, 0) is 77.7 Å². The number of imidazole rings is 1. The molecule has 6 nitrogen and oxygen atoms in total. The third kappa shape index (κ3) is 4.32. The van der Waals surface area contributed by atoms with Gasteiger partial charge in [0, 0.05) is 41.0 Å². The van der Waals surface area contributed by atoms with Gasteiger partial charge >= 0.3 is 0 Å². The van der Waals surface area contributed by atoms with Crippen LogP contribution in [0.4, 0.5) is 0 Å². The van der Waals surface area contributed by atoms with Gasteiger partial charge in [-0.2, -0.15) is 0 Å². The van der Waals surface area contributed by atoms with Crippen molar-refractivity contribution in [3.8, 4) is 28.7 Å². The standard InChI is InChI=1S/C41H32N4O2/c1-41(2,3)26-20-21-42-37(23-26)45-34-24-28(46-27-11-9-10-25(22-27)40-43-32-13-6-7-14-33(32)44(40)4)16-17-29(34)30-18-19-36-38(39(30)45)31-12-5-8-15-35(31)47-36/h5-24H,1-4H3. The summed E-state index contributed by atoms with van der Waals surface area (Å²) in [7, 11) is 2.05. The number of aryl methyl sites for hydroxylation is 1. The second kappa shape index (κ2) is 10.1. The monoisotopic (exact) mass is 612 g/mol. The molecule has 0 N–H and O–H groups in total. The molecule has 4 aromatic heterocycles. The summed E-state index contributed by atoms with van der Waals surface area (Å²) in [6.45, 7) is 6.69. The smallest absolute Gasteiger partial charge is 0.140 e. The van der Waals surface area contributed by atoms with Crippen molar-refractivity contribution >= 4 is 54.8 Å². The maximum absolute atomic E-state index is 6.58. The number of ether oxygens (including phenoxy) is 1. The molecule has 0 saturated heterocycles. The number of hydrogen-bond donors (Lipinski definition) is 0. The van der Waals surface area contributed by atoms with Gasteiger partial charge in [0.15, 0.2) is 0 Å². The topological polar surface area (TPSA) is 58.0 Å². The van der Waals surface area contributed by atoms with E-state index in [0.29, 0.717) is 0 Å². The van der Waals surface area contributed by atoms with Gasteiger partial charge in [-0.25, -0.2) is 9.97 Å². The lowest BCUT2D eigenvalue weighted by atomic mass is 9.88. The van der Waals surface area contributed by atoms with Gasteiger partial charge in [-0.15, -0.1) is 0 Å². The summed E-state index contributed by atoms with van der Waals surface area (Å²) >= 11 is 0. The van der Waals surface area contributed by atoms with E-state index >= 15 is 0 Å². The van der Waals surface area contributed by atoms with Crippen LogP contribution in [0.1, 0.15) is 26.3 Å². The van der Waals surface area contributed by atoms with E-state index in [1.807, 2.05) is 61.8 Å². The van der Waals surface area contributed by atoms with Crippen LogP contribution < -0.4 is 4.74 Å². The number of furan rings is 1. The Hall–Kier alpha value is -5.88. The molecule has 0 bridgehead atoms. The second-order valence-electron chi connectivity index (χ2n) is 13.2. The fourth-order valence-electron chi connectivity index (χ4n) is 6.84. The number of fused-ring (bicyclic) bond motifs is 8. The summed E-state index contributed by atoms with van der Waals surface area (Å²) in [6, 6.07) is 39.4. The summed E-state index contributed by atoms with van der Waals surface area (Å²) in [6.07, 6.45) is 1.91. The fraction of sp³-hybridized carbons (Fsp3) is 0.122. The maximum Gasteiger partial charge on any atom is 0.140 e. The van der Waals surface area contributed by atoms with Crippen molar-refractivity contribution < 1.29 is 9.15 Å². The Labute approximate surface area is 271 Å². The predicted octanol–water partition coefficient (Wildman–Crippen LogP) is 10.7. The van der Waals surface area contributed by atoms with E-state index in [-0.39, 0.29) is 5.41 Å². The Morgan fingerprint density at radius 2 is 1.49 bits per heavy atom. The number of aromatic nitrogens is 4. The summed E-state index contributed by atoms with van der Waals surface area (Å²) in [5, 5.41) is 4.42.